The lowest BCUT2D eigenvalue weighted by Crippen LogP contribution is -2.16. The van der Waals surface area contributed by atoms with Gasteiger partial charge in [0.1, 0.15) is 5.69 Å². The smallest absolute Gasteiger partial charge is 0.257 e. The maximum atomic E-state index is 13.5. The van der Waals surface area contributed by atoms with Crippen LogP contribution in [0, 0.1) is 23.3 Å². The molecule has 8 heteroatoms. The minimum Gasteiger partial charge on any atom is -0.317 e. The monoisotopic (exact) mass is 381 g/mol. The lowest BCUT2D eigenvalue weighted by Gasteiger charge is -2.10. The molecule has 2 rings (SSSR count). The minimum atomic E-state index is -1.70. The van der Waals surface area contributed by atoms with Crippen molar-refractivity contribution in [2.24, 2.45) is 0 Å². The first-order chi connectivity index (χ1) is 9.82. The minimum absolute atomic E-state index is 0.00677. The maximum Gasteiger partial charge on any atom is 0.257 e. The molecule has 21 heavy (non-hydrogen) atoms. The molecule has 0 unspecified atom stereocenters. The molecule has 0 fully saturated rings. The molecule has 0 saturated carbocycles. The number of carbonyl (C=O) groups is 1. The van der Waals surface area contributed by atoms with Crippen LogP contribution >= 0.6 is 27.5 Å². The normalized spacial score (nSPS) is 10.6. The van der Waals surface area contributed by atoms with Gasteiger partial charge in [-0.15, -0.1) is 0 Å². The first-order valence-electron chi connectivity index (χ1n) is 5.41. The molecule has 0 saturated heterocycles. The van der Waals surface area contributed by atoms with Gasteiger partial charge >= 0.3 is 0 Å². The van der Waals surface area contributed by atoms with Gasteiger partial charge in [-0.05, 0) is 28.1 Å². The van der Waals surface area contributed by atoms with E-state index in [0.29, 0.717) is 4.47 Å². The average Bonchev–Trinajstić information content (AvgIpc) is 2.44. The Morgan fingerprint density at radius 2 is 1.67 bits per heavy atom. The highest BCUT2D eigenvalue weighted by atomic mass is 79.9. The standard InChI is InChI=1S/C13H5BrClF4NO/c14-6-3-1-2-5(9(6)15)13(21)20-12-10(18)7(16)4-8(17)11(12)19/h1-4H,(H,20,21). The molecule has 0 aliphatic carbocycles. The van der Waals surface area contributed by atoms with Gasteiger partial charge in [0.05, 0.1) is 10.6 Å². The second-order valence-electron chi connectivity index (χ2n) is 3.90. The number of benzene rings is 2. The van der Waals surface area contributed by atoms with Crippen molar-refractivity contribution in [3.05, 3.63) is 62.6 Å². The highest BCUT2D eigenvalue weighted by Gasteiger charge is 2.22. The zero-order chi connectivity index (χ0) is 15.7. The number of hydrogen-bond acceptors (Lipinski definition) is 1. The van der Waals surface area contributed by atoms with E-state index in [1.54, 1.807) is 11.4 Å². The SMILES string of the molecule is O=C(Nc1c(F)c(F)cc(F)c1F)c1cccc(Br)c1Cl. The van der Waals surface area contributed by atoms with Crippen molar-refractivity contribution in [3.63, 3.8) is 0 Å². The summed E-state index contributed by atoms with van der Waals surface area (Å²) < 4.78 is 53.4. The molecule has 2 nitrogen and oxygen atoms in total. The number of rotatable bonds is 2. The molecule has 0 radical (unpaired) electrons. The number of halogens is 6. The van der Waals surface area contributed by atoms with Crippen LogP contribution in [-0.2, 0) is 0 Å². The second kappa shape index (κ2) is 6.03. The van der Waals surface area contributed by atoms with Gasteiger partial charge in [0.2, 0.25) is 0 Å². The van der Waals surface area contributed by atoms with Gasteiger partial charge in [-0.2, -0.15) is 0 Å². The van der Waals surface area contributed by atoms with Gasteiger partial charge < -0.3 is 5.32 Å². The van der Waals surface area contributed by atoms with Crippen molar-refractivity contribution in [2.75, 3.05) is 5.32 Å². The molecule has 0 heterocycles. The van der Waals surface area contributed by atoms with Gasteiger partial charge in [-0.25, -0.2) is 17.6 Å². The van der Waals surface area contributed by atoms with Gasteiger partial charge in [0.15, 0.2) is 23.3 Å². The van der Waals surface area contributed by atoms with E-state index in [2.05, 4.69) is 15.9 Å². The molecule has 2 aromatic carbocycles. The van der Waals surface area contributed by atoms with Gasteiger partial charge in [-0.1, -0.05) is 17.7 Å². The van der Waals surface area contributed by atoms with Crippen molar-refractivity contribution < 1.29 is 22.4 Å². The van der Waals surface area contributed by atoms with Crippen molar-refractivity contribution in [3.8, 4) is 0 Å². The Morgan fingerprint density at radius 3 is 2.24 bits per heavy atom. The third-order valence-electron chi connectivity index (χ3n) is 2.55. The quantitative estimate of drug-likeness (QED) is 0.580. The Bertz CT molecular complexity index is 712. The third-order valence-corrected chi connectivity index (χ3v) is 3.84. The Morgan fingerprint density at radius 1 is 1.10 bits per heavy atom. The Labute approximate surface area is 129 Å². The van der Waals surface area contributed by atoms with Crippen LogP contribution < -0.4 is 5.32 Å². The Hall–Kier alpha value is -1.60. The lowest BCUT2D eigenvalue weighted by atomic mass is 10.2. The maximum absolute atomic E-state index is 13.5. The molecule has 0 aliphatic rings. The second-order valence-corrected chi connectivity index (χ2v) is 5.13. The Kier molecular flexibility index (Phi) is 4.53. The molecular weight excluding hydrogens is 377 g/mol. The highest BCUT2D eigenvalue weighted by Crippen LogP contribution is 2.28. The summed E-state index contributed by atoms with van der Waals surface area (Å²) in [6, 6.07) is 4.34. The molecule has 0 aliphatic heterocycles. The fourth-order valence-electron chi connectivity index (χ4n) is 1.54. The van der Waals surface area contributed by atoms with E-state index in [4.69, 9.17) is 11.6 Å². The van der Waals surface area contributed by atoms with Gasteiger partial charge in [0, 0.05) is 10.5 Å². The van der Waals surface area contributed by atoms with Crippen molar-refractivity contribution >= 4 is 39.1 Å². The number of anilines is 1. The largest absolute Gasteiger partial charge is 0.317 e. The predicted octanol–water partition coefficient (Wildman–Crippen LogP) is 4.91. The number of hydrogen-bond donors (Lipinski definition) is 1. The molecule has 2 aromatic rings. The first kappa shape index (κ1) is 15.8. The summed E-state index contributed by atoms with van der Waals surface area (Å²) in [7, 11) is 0. The number of nitrogens with one attached hydrogen (secondary N) is 1. The summed E-state index contributed by atoms with van der Waals surface area (Å²) in [5.74, 6) is -7.65. The highest BCUT2D eigenvalue weighted by molar-refractivity contribution is 9.10. The fraction of sp³-hybridized carbons (Fsp3) is 0. The summed E-state index contributed by atoms with van der Waals surface area (Å²) in [5, 5.41) is 1.76. The van der Waals surface area contributed by atoms with E-state index < -0.39 is 34.9 Å². The molecule has 0 bridgehead atoms. The molecule has 1 amide bonds. The molecule has 0 aromatic heterocycles. The van der Waals surface area contributed by atoms with E-state index in [1.807, 2.05) is 0 Å². The van der Waals surface area contributed by atoms with Crippen LogP contribution in [0.5, 0.6) is 0 Å². The summed E-state index contributed by atoms with van der Waals surface area (Å²) in [5.41, 5.74) is -1.33. The van der Waals surface area contributed by atoms with E-state index in [0.717, 1.165) is 0 Å². The van der Waals surface area contributed by atoms with Crippen LogP contribution in [-0.4, -0.2) is 5.91 Å². The molecule has 0 atom stereocenters. The van der Waals surface area contributed by atoms with E-state index in [9.17, 15) is 22.4 Å². The number of carbonyl (C=O) groups excluding carboxylic acids is 1. The molecule has 0 spiro atoms. The van der Waals surface area contributed by atoms with Crippen LogP contribution in [0.3, 0.4) is 0 Å². The van der Waals surface area contributed by atoms with E-state index in [1.165, 1.54) is 12.1 Å². The van der Waals surface area contributed by atoms with Crippen molar-refractivity contribution in [2.45, 2.75) is 0 Å². The Balaban J connectivity index is 2.43. The van der Waals surface area contributed by atoms with Crippen molar-refractivity contribution in [1.82, 2.24) is 0 Å². The summed E-state index contributed by atoms with van der Waals surface area (Å²) in [4.78, 5) is 11.9. The summed E-state index contributed by atoms with van der Waals surface area (Å²) in [6.45, 7) is 0. The third kappa shape index (κ3) is 3.03. The summed E-state index contributed by atoms with van der Waals surface area (Å²) in [6.07, 6.45) is 0. The average molecular weight is 383 g/mol. The van der Waals surface area contributed by atoms with Crippen LogP contribution in [0.25, 0.3) is 0 Å². The molecule has 110 valence electrons. The topological polar surface area (TPSA) is 29.1 Å². The van der Waals surface area contributed by atoms with Crippen molar-refractivity contribution in [1.29, 1.82) is 0 Å². The van der Waals surface area contributed by atoms with Crippen LogP contribution in [0.15, 0.2) is 28.7 Å². The summed E-state index contributed by atoms with van der Waals surface area (Å²) >= 11 is 8.92. The predicted molar refractivity (Wildman–Crippen MR) is 73.4 cm³/mol. The zero-order valence-electron chi connectivity index (χ0n) is 9.99. The van der Waals surface area contributed by atoms with E-state index in [-0.39, 0.29) is 16.7 Å². The van der Waals surface area contributed by atoms with Crippen LogP contribution in [0.4, 0.5) is 23.2 Å². The zero-order valence-corrected chi connectivity index (χ0v) is 12.3. The number of amides is 1. The molecule has 1 N–H and O–H groups in total. The lowest BCUT2D eigenvalue weighted by molar-refractivity contribution is 0.102. The van der Waals surface area contributed by atoms with E-state index >= 15 is 0 Å². The van der Waals surface area contributed by atoms with Gasteiger partial charge in [-0.3, -0.25) is 4.79 Å². The van der Waals surface area contributed by atoms with Gasteiger partial charge in [0.25, 0.3) is 5.91 Å². The molecular formula is C13H5BrClF4NO. The van der Waals surface area contributed by atoms with Crippen LogP contribution in [0.1, 0.15) is 10.4 Å². The first-order valence-corrected chi connectivity index (χ1v) is 6.58. The van der Waals surface area contributed by atoms with Crippen LogP contribution in [0.2, 0.25) is 5.02 Å². The fourth-order valence-corrected chi connectivity index (χ4v) is 2.12.